The summed E-state index contributed by atoms with van der Waals surface area (Å²) < 4.78 is 33.2. The molecule has 0 amide bonds. The standard InChI is InChI=1S/C21H15ClN4O3S.Na.H/c22-17-8-4-3-7-16(17)18-10-9-13(12-24-18)25-26-19-11-20(30(27,28)29)14-5-1-2-6-15(14)21(19)23;;/h1-12H,23H2,(H,27,28,29);;/q;+1;-1. The molecule has 0 saturated heterocycles. The molecule has 0 radical (unpaired) electrons. The summed E-state index contributed by atoms with van der Waals surface area (Å²) in [4.78, 5) is 4.06. The van der Waals surface area contributed by atoms with E-state index in [4.69, 9.17) is 17.3 Å². The Bertz CT molecular complexity index is 1400. The molecule has 1 aromatic heterocycles. The van der Waals surface area contributed by atoms with Crippen molar-refractivity contribution in [3.8, 4) is 11.3 Å². The van der Waals surface area contributed by atoms with Crippen molar-refractivity contribution in [2.24, 2.45) is 10.2 Å². The molecule has 0 aliphatic rings. The molecule has 4 aromatic rings. The van der Waals surface area contributed by atoms with Gasteiger partial charge < -0.3 is 7.16 Å². The predicted octanol–water partition coefficient (Wildman–Crippen LogP) is 2.92. The second-order valence-electron chi connectivity index (χ2n) is 6.41. The molecule has 0 spiro atoms. The second kappa shape index (κ2) is 9.44. The molecule has 4 rings (SSSR count). The van der Waals surface area contributed by atoms with E-state index in [9.17, 15) is 13.0 Å². The fourth-order valence-corrected chi connectivity index (χ4v) is 3.98. The van der Waals surface area contributed by atoms with Gasteiger partial charge in [-0.2, -0.15) is 8.42 Å². The summed E-state index contributed by atoms with van der Waals surface area (Å²) in [7, 11) is -4.47. The first-order chi connectivity index (χ1) is 14.3. The van der Waals surface area contributed by atoms with Gasteiger partial charge in [-0.15, -0.1) is 10.2 Å². The number of hydrogen-bond donors (Lipinski definition) is 2. The Kier molecular flexibility index (Phi) is 7.10. The van der Waals surface area contributed by atoms with E-state index in [0.29, 0.717) is 27.2 Å². The van der Waals surface area contributed by atoms with Crippen molar-refractivity contribution in [1.29, 1.82) is 0 Å². The van der Waals surface area contributed by atoms with Crippen molar-refractivity contribution in [1.82, 2.24) is 4.98 Å². The van der Waals surface area contributed by atoms with Crippen LogP contribution in [0.4, 0.5) is 17.1 Å². The molecular weight excluding hydrogens is 447 g/mol. The fraction of sp³-hybridized carbons (Fsp3) is 0. The first-order valence-corrected chi connectivity index (χ1v) is 10.6. The second-order valence-corrected chi connectivity index (χ2v) is 8.21. The molecule has 3 aromatic carbocycles. The van der Waals surface area contributed by atoms with E-state index in [1.165, 1.54) is 12.3 Å². The third-order valence-electron chi connectivity index (χ3n) is 4.48. The van der Waals surface area contributed by atoms with Gasteiger partial charge in [0.05, 0.1) is 17.6 Å². The summed E-state index contributed by atoms with van der Waals surface area (Å²) in [6.45, 7) is 0. The SMILES string of the molecule is Nc1c(N=Nc2ccc(-c3ccccc3Cl)nc2)cc(S(=O)(=O)O)c2ccccc12.[H-].[Na+]. The quantitative estimate of drug-likeness (QED) is 0.209. The molecule has 0 saturated carbocycles. The van der Waals surface area contributed by atoms with Gasteiger partial charge in [-0.1, -0.05) is 54.1 Å². The normalized spacial score (nSPS) is 11.5. The zero-order chi connectivity index (χ0) is 21.3. The Morgan fingerprint density at radius 2 is 1.65 bits per heavy atom. The number of azo groups is 1. The van der Waals surface area contributed by atoms with Gasteiger partial charge in [0.1, 0.15) is 16.3 Å². The van der Waals surface area contributed by atoms with Crippen LogP contribution in [0.5, 0.6) is 0 Å². The minimum absolute atomic E-state index is 0. The molecule has 3 N–H and O–H groups in total. The maximum Gasteiger partial charge on any atom is 1.00 e. The van der Waals surface area contributed by atoms with Crippen molar-refractivity contribution in [3.63, 3.8) is 0 Å². The molecule has 0 fully saturated rings. The summed E-state index contributed by atoms with van der Waals surface area (Å²) in [5, 5.41) is 9.52. The summed E-state index contributed by atoms with van der Waals surface area (Å²) >= 11 is 6.19. The zero-order valence-corrected chi connectivity index (χ0v) is 20.0. The van der Waals surface area contributed by atoms with Crippen LogP contribution in [0.3, 0.4) is 0 Å². The molecule has 0 unspecified atom stereocenters. The van der Waals surface area contributed by atoms with Crippen molar-refractivity contribution in [3.05, 3.63) is 77.9 Å². The number of nitrogens with two attached hydrogens (primary N) is 1. The van der Waals surface area contributed by atoms with Gasteiger partial charge in [0.2, 0.25) is 0 Å². The van der Waals surface area contributed by atoms with Crippen LogP contribution in [-0.4, -0.2) is 18.0 Å². The minimum atomic E-state index is -4.47. The van der Waals surface area contributed by atoms with Crippen LogP contribution in [0.1, 0.15) is 1.43 Å². The zero-order valence-electron chi connectivity index (χ0n) is 17.4. The van der Waals surface area contributed by atoms with Crippen molar-refractivity contribution < 1.29 is 44.0 Å². The number of pyridine rings is 1. The van der Waals surface area contributed by atoms with Crippen LogP contribution in [0, 0.1) is 0 Å². The Hall–Kier alpha value is -2.33. The van der Waals surface area contributed by atoms with Crippen LogP contribution in [0.15, 0.2) is 88.1 Å². The Labute approximate surface area is 207 Å². The van der Waals surface area contributed by atoms with E-state index in [2.05, 4.69) is 15.2 Å². The predicted molar refractivity (Wildman–Crippen MR) is 118 cm³/mol. The van der Waals surface area contributed by atoms with E-state index in [0.717, 1.165) is 5.56 Å². The van der Waals surface area contributed by atoms with E-state index in [1.54, 1.807) is 42.5 Å². The van der Waals surface area contributed by atoms with E-state index >= 15 is 0 Å². The molecule has 0 aliphatic heterocycles. The average molecular weight is 463 g/mol. The molecule has 10 heteroatoms. The van der Waals surface area contributed by atoms with E-state index in [1.807, 2.05) is 18.2 Å². The van der Waals surface area contributed by atoms with Crippen molar-refractivity contribution in [2.75, 3.05) is 5.73 Å². The number of benzene rings is 3. The third kappa shape index (κ3) is 4.95. The first kappa shape index (κ1) is 23.3. The van der Waals surface area contributed by atoms with Gasteiger partial charge in [-0.05, 0) is 24.3 Å². The number of hydrogen-bond acceptors (Lipinski definition) is 6. The largest absolute Gasteiger partial charge is 1.00 e. The number of rotatable bonds is 4. The number of nitrogen functional groups attached to an aromatic ring is 1. The summed E-state index contributed by atoms with van der Waals surface area (Å²) in [6, 6.07) is 18.6. The van der Waals surface area contributed by atoms with Crippen LogP contribution in [-0.2, 0) is 10.1 Å². The van der Waals surface area contributed by atoms with Crippen LogP contribution >= 0.6 is 11.6 Å². The molecule has 152 valence electrons. The van der Waals surface area contributed by atoms with Gasteiger partial charge in [0.15, 0.2) is 0 Å². The Morgan fingerprint density at radius 3 is 2.29 bits per heavy atom. The fourth-order valence-electron chi connectivity index (χ4n) is 3.03. The Balaban J connectivity index is 0.00000181. The van der Waals surface area contributed by atoms with Crippen LogP contribution in [0.25, 0.3) is 22.0 Å². The van der Waals surface area contributed by atoms with Crippen molar-refractivity contribution >= 4 is 49.6 Å². The third-order valence-corrected chi connectivity index (χ3v) is 5.70. The topological polar surface area (TPSA) is 118 Å². The van der Waals surface area contributed by atoms with Crippen LogP contribution < -0.4 is 35.3 Å². The van der Waals surface area contributed by atoms with E-state index in [-0.39, 0.29) is 47.3 Å². The number of fused-ring (bicyclic) bond motifs is 1. The molecule has 0 atom stereocenters. The monoisotopic (exact) mass is 462 g/mol. The molecule has 0 bridgehead atoms. The smallest absolute Gasteiger partial charge is 1.00 e. The van der Waals surface area contributed by atoms with E-state index < -0.39 is 10.1 Å². The molecular formula is C21H16ClN4NaO3S. The van der Waals surface area contributed by atoms with Gasteiger partial charge in [-0.3, -0.25) is 9.54 Å². The number of aromatic nitrogens is 1. The number of halogens is 1. The van der Waals surface area contributed by atoms with Gasteiger partial charge in [0, 0.05) is 21.4 Å². The molecule has 31 heavy (non-hydrogen) atoms. The van der Waals surface area contributed by atoms with Gasteiger partial charge in [0.25, 0.3) is 10.1 Å². The number of nitrogens with zero attached hydrogens (tertiary/aromatic N) is 3. The first-order valence-electron chi connectivity index (χ1n) is 8.76. The van der Waals surface area contributed by atoms with Gasteiger partial charge >= 0.3 is 29.6 Å². The molecule has 7 nitrogen and oxygen atoms in total. The maximum atomic E-state index is 11.8. The average Bonchev–Trinajstić information content (AvgIpc) is 2.73. The maximum absolute atomic E-state index is 11.8. The molecule has 1 heterocycles. The van der Waals surface area contributed by atoms with Crippen LogP contribution in [0.2, 0.25) is 5.02 Å². The molecule has 0 aliphatic carbocycles. The van der Waals surface area contributed by atoms with Gasteiger partial charge in [-0.25, -0.2) is 0 Å². The minimum Gasteiger partial charge on any atom is -1.00 e. The van der Waals surface area contributed by atoms with Crippen molar-refractivity contribution in [2.45, 2.75) is 4.90 Å². The summed E-state index contributed by atoms with van der Waals surface area (Å²) in [5.41, 5.74) is 8.43. The Morgan fingerprint density at radius 1 is 0.968 bits per heavy atom. The summed E-state index contributed by atoms with van der Waals surface area (Å²) in [5.74, 6) is 0. The number of anilines is 1. The summed E-state index contributed by atoms with van der Waals surface area (Å²) in [6.07, 6.45) is 1.52.